The van der Waals surface area contributed by atoms with Gasteiger partial charge in [-0.15, -0.1) is 0 Å². The third-order valence-electron chi connectivity index (χ3n) is 19.5. The van der Waals surface area contributed by atoms with E-state index in [1.54, 1.807) is 26.0 Å². The van der Waals surface area contributed by atoms with E-state index in [1.165, 1.54) is 4.90 Å². The molecule has 13 amide bonds. The minimum Gasteiger partial charge on any atom is -0.480 e. The average Bonchev–Trinajstić information content (AvgIpc) is 1.36. The molecule has 0 bridgehead atoms. The summed E-state index contributed by atoms with van der Waals surface area (Å²) in [6.45, 7) is 15.8. The van der Waals surface area contributed by atoms with E-state index in [0.717, 1.165) is 0 Å². The minimum atomic E-state index is -1.43. The Morgan fingerprint density at radius 2 is 0.830 bits per heavy atom. The van der Waals surface area contributed by atoms with Gasteiger partial charge in [-0.3, -0.25) is 62.3 Å². The summed E-state index contributed by atoms with van der Waals surface area (Å²) in [6, 6.07) is -16.1. The third-order valence-corrected chi connectivity index (χ3v) is 19.5. The number of carboxylic acid groups (broad SMARTS) is 1. The number of aliphatic carboxylic acids is 1. The number of carbonyl (C=O) groups is 14. The molecule has 0 aromatic rings. The van der Waals surface area contributed by atoms with E-state index in [-0.39, 0.29) is 153 Å². The molecule has 27 N–H and O–H groups in total. The van der Waals surface area contributed by atoms with Crippen LogP contribution < -0.4 is 104 Å². The molecule has 35 nitrogen and oxygen atoms in total. The molecule has 13 atom stereocenters. The maximum Gasteiger partial charge on any atom is 0.326 e. The van der Waals surface area contributed by atoms with Gasteiger partial charge in [-0.1, -0.05) is 67.5 Å². The summed E-state index contributed by atoms with van der Waals surface area (Å²) in [7, 11) is 0. The van der Waals surface area contributed by atoms with Crippen molar-refractivity contribution in [1.29, 1.82) is 0 Å². The predicted octanol–water partition coefficient (Wildman–Crippen LogP) is -1.07. The van der Waals surface area contributed by atoms with Crippen molar-refractivity contribution in [2.45, 2.75) is 314 Å². The molecule has 2 rings (SSSR count). The fourth-order valence-corrected chi connectivity index (χ4v) is 13.3. The van der Waals surface area contributed by atoms with Crippen LogP contribution in [0, 0.1) is 23.7 Å². The number of fused-ring (bicyclic) bond motifs is 1. The summed E-state index contributed by atoms with van der Waals surface area (Å²) in [5.74, 6) is -11.1. The minimum absolute atomic E-state index is 0.00332. The van der Waals surface area contributed by atoms with Crippen LogP contribution in [0.4, 0.5) is 0 Å². The Bertz CT molecular complexity index is 2960. The van der Waals surface area contributed by atoms with Gasteiger partial charge in [0.05, 0.1) is 12.6 Å². The molecule has 1 saturated heterocycles. The van der Waals surface area contributed by atoms with Crippen LogP contribution in [0.1, 0.15) is 235 Å². The van der Waals surface area contributed by atoms with Gasteiger partial charge < -0.3 is 114 Å². The molecule has 0 spiro atoms. The first kappa shape index (κ1) is 100. The second-order valence-electron chi connectivity index (χ2n) is 31.4. The number of amides is 13. The topological polar surface area (TPSA) is 589 Å². The molecule has 640 valence electrons. The summed E-state index contributed by atoms with van der Waals surface area (Å²) in [5, 5.41) is 43.0. The maximum absolute atomic E-state index is 15.0. The van der Waals surface area contributed by atoms with E-state index in [1.807, 2.05) is 41.5 Å². The van der Waals surface area contributed by atoms with Crippen molar-refractivity contribution in [3.63, 3.8) is 0 Å². The Morgan fingerprint density at radius 1 is 0.438 bits per heavy atom. The Labute approximate surface area is 663 Å². The van der Waals surface area contributed by atoms with Crippen LogP contribution in [0.2, 0.25) is 0 Å². The van der Waals surface area contributed by atoms with E-state index in [2.05, 4.69) is 63.8 Å². The molecule has 0 aliphatic carbocycles. The second kappa shape index (κ2) is 56.3. The Hall–Kier alpha value is -7.96. The van der Waals surface area contributed by atoms with Crippen LogP contribution in [-0.4, -0.2) is 224 Å². The molecule has 2 aliphatic rings. The van der Waals surface area contributed by atoms with Crippen molar-refractivity contribution in [2.75, 3.05) is 52.4 Å². The zero-order chi connectivity index (χ0) is 83.8. The zero-order valence-corrected chi connectivity index (χ0v) is 68.1. The smallest absolute Gasteiger partial charge is 0.326 e. The second-order valence-corrected chi connectivity index (χ2v) is 31.4. The third kappa shape index (κ3) is 39.7. The van der Waals surface area contributed by atoms with Crippen LogP contribution >= 0.6 is 0 Å². The van der Waals surface area contributed by atoms with Crippen molar-refractivity contribution < 1.29 is 72.2 Å². The SMILES string of the molecule is CC(C)C[C@H](NC(=O)[C@H](CCCCN)NC(=O)[C@H](CC(C)C)NC(=O)[C@H](CCCCN)NC(=O)[C@@H]1CC/C=C/CC[C@H](NC(=O)[C@H](CCCCN)NC(=O)[C@H](CC(C)C)NC(=O)[C@H](CCCCN)NC(=O)[C@@H](N)CC(C)C)C(=O)N[C@@H](CCCCN)C(=O)N2CCC[C@@H]2C(=O)NCC(=O)N[C@@H](CCCCN)C(=O)N1)C(=O)O. The lowest BCUT2D eigenvalue weighted by molar-refractivity contribution is -0.143. The fraction of sp³-hybridized carbons (Fsp3) is 0.792. The first-order valence-electron chi connectivity index (χ1n) is 41.0. The van der Waals surface area contributed by atoms with Gasteiger partial charge in [0, 0.05) is 6.54 Å². The quantitative estimate of drug-likeness (QED) is 0.0255. The van der Waals surface area contributed by atoms with Crippen LogP contribution in [0.3, 0.4) is 0 Å². The van der Waals surface area contributed by atoms with Gasteiger partial charge in [-0.25, -0.2) is 4.79 Å². The van der Waals surface area contributed by atoms with Gasteiger partial charge in [0.25, 0.3) is 0 Å². The van der Waals surface area contributed by atoms with Gasteiger partial charge in [-0.05, 0) is 243 Å². The average molecular weight is 1590 g/mol. The first-order chi connectivity index (χ1) is 53.2. The van der Waals surface area contributed by atoms with Gasteiger partial charge in [-0.2, -0.15) is 0 Å². The molecular formula is C77H142N20O15. The number of nitrogens with zero attached hydrogens (tertiary/aromatic N) is 1. The number of nitrogens with two attached hydrogens (primary N) is 7. The number of carboxylic acids is 1. The monoisotopic (exact) mass is 1590 g/mol. The summed E-state index contributed by atoms with van der Waals surface area (Å²) >= 11 is 0. The number of carbonyl (C=O) groups excluding carboxylic acids is 13. The van der Waals surface area contributed by atoms with Crippen molar-refractivity contribution in [1.82, 2.24) is 68.7 Å². The van der Waals surface area contributed by atoms with E-state index in [0.29, 0.717) is 96.4 Å². The highest BCUT2D eigenvalue weighted by atomic mass is 16.4. The molecule has 2 aliphatic heterocycles. The Morgan fingerprint density at radius 3 is 1.29 bits per heavy atom. The summed E-state index contributed by atoms with van der Waals surface area (Å²) in [4.78, 5) is 201. The summed E-state index contributed by atoms with van der Waals surface area (Å²) < 4.78 is 0. The van der Waals surface area contributed by atoms with E-state index >= 15 is 4.79 Å². The standard InChI is InChI=1S/C77H142N20O15/c1-47(2)42-51(84)65(99)87-53(29-14-20-36-79)70(104)94-60(43-48(3)4)73(107)91-56(30-15-21-37-80)68(102)89-55-27-12-10-9-11-26-54(88-66(100)52(28-13-19-35-78)86-64(98)46-85-75(109)63-34-25-41-97(63)76(110)59(93-69(55)103)33-18-24-40-83)67(101)90-57(31-16-22-38-81)71(105)95-61(44-49(5)6)74(108)92-58(32-17-23-39-82)72(106)96-62(77(111)112)45-50(7)8/h9-10,47-63H,11-46,78-84H2,1-8H3,(H,85,109)(H,86,98)(H,87,99)(H,88,100)(H,89,102)(H,90,101)(H,91,107)(H,92,108)(H,93,103)(H,94,104)(H,95,105)(H,96,106)(H,111,112)/b10-9+/t51-,52-,53-,54-,55-,56-,57-,58-,59-,60-,61-,62-,63+/m0/s1. The van der Waals surface area contributed by atoms with Gasteiger partial charge in [0.2, 0.25) is 76.8 Å². The maximum atomic E-state index is 15.0. The van der Waals surface area contributed by atoms with Crippen LogP contribution in [-0.2, 0) is 67.1 Å². The summed E-state index contributed by atoms with van der Waals surface area (Å²) in [6.07, 6.45) is 9.86. The fourth-order valence-electron chi connectivity index (χ4n) is 13.3. The Kier molecular flexibility index (Phi) is 50.3. The molecule has 0 aromatic carbocycles. The van der Waals surface area contributed by atoms with Gasteiger partial charge in [0.15, 0.2) is 0 Å². The lowest BCUT2D eigenvalue weighted by Crippen LogP contribution is -2.60. The number of nitrogens with one attached hydrogen (secondary N) is 12. The molecule has 35 heteroatoms. The number of allylic oxidation sites excluding steroid dienone is 2. The number of hydrogen-bond acceptors (Lipinski definition) is 21. The highest BCUT2D eigenvalue weighted by Gasteiger charge is 2.41. The molecule has 2 heterocycles. The number of rotatable bonds is 49. The van der Waals surface area contributed by atoms with Crippen molar-refractivity contribution in [3.8, 4) is 0 Å². The molecule has 0 aromatic heterocycles. The van der Waals surface area contributed by atoms with Crippen LogP contribution in [0.15, 0.2) is 12.2 Å². The van der Waals surface area contributed by atoms with Gasteiger partial charge >= 0.3 is 5.97 Å². The molecule has 0 radical (unpaired) electrons. The zero-order valence-electron chi connectivity index (χ0n) is 68.1. The van der Waals surface area contributed by atoms with Crippen LogP contribution in [0.25, 0.3) is 0 Å². The molecular weight excluding hydrogens is 1440 g/mol. The lowest BCUT2D eigenvalue weighted by atomic mass is 10.00. The normalized spacial score (nSPS) is 20.1. The lowest BCUT2D eigenvalue weighted by Gasteiger charge is -2.30. The summed E-state index contributed by atoms with van der Waals surface area (Å²) in [5.41, 5.74) is 41.4. The van der Waals surface area contributed by atoms with Crippen molar-refractivity contribution in [2.24, 2.45) is 63.8 Å². The number of hydrogen-bond donors (Lipinski definition) is 20. The predicted molar refractivity (Wildman–Crippen MR) is 427 cm³/mol. The van der Waals surface area contributed by atoms with Crippen molar-refractivity contribution >= 4 is 82.8 Å². The molecule has 1 fully saturated rings. The first-order valence-corrected chi connectivity index (χ1v) is 41.0. The van der Waals surface area contributed by atoms with Crippen LogP contribution in [0.5, 0.6) is 0 Å². The highest BCUT2D eigenvalue weighted by Crippen LogP contribution is 2.22. The Balaban J connectivity index is 2.83. The van der Waals surface area contributed by atoms with Crippen molar-refractivity contribution in [3.05, 3.63) is 12.2 Å². The van der Waals surface area contributed by atoms with Gasteiger partial charge in [0.1, 0.15) is 72.5 Å². The van der Waals surface area contributed by atoms with E-state index in [9.17, 15) is 67.4 Å². The molecule has 112 heavy (non-hydrogen) atoms. The highest BCUT2D eigenvalue weighted by molar-refractivity contribution is 6.00. The largest absolute Gasteiger partial charge is 0.480 e. The molecule has 0 unspecified atom stereocenters. The van der Waals surface area contributed by atoms with E-state index < -0.39 is 168 Å². The number of unbranched alkanes of at least 4 members (excludes halogenated alkanes) is 6. The van der Waals surface area contributed by atoms with E-state index in [4.69, 9.17) is 40.1 Å². The molecule has 0 saturated carbocycles.